The van der Waals surface area contributed by atoms with Gasteiger partial charge in [-0.25, -0.2) is 4.79 Å². The van der Waals surface area contributed by atoms with E-state index in [4.69, 9.17) is 0 Å². The minimum absolute atomic E-state index is 0.0760. The van der Waals surface area contributed by atoms with Crippen LogP contribution in [0.15, 0.2) is 24.7 Å². The molecule has 2 rings (SSSR count). The zero-order chi connectivity index (χ0) is 18.6. The maximum Gasteiger partial charge on any atom is 0.315 e. The van der Waals surface area contributed by atoms with E-state index in [1.54, 1.807) is 6.20 Å². The van der Waals surface area contributed by atoms with E-state index in [0.717, 1.165) is 23.2 Å². The highest BCUT2D eigenvalue weighted by Gasteiger charge is 2.20. The van der Waals surface area contributed by atoms with Gasteiger partial charge in [0, 0.05) is 30.7 Å². The standard InChI is InChI=1S/C19H29N5O/c1-13-11-20-9-7-16(13)8-10-21-18(25)22-14(2)17-12-24(19(4,5)6)23-15(17)3/h7,9,11-12,14H,8,10H2,1-6H3,(H2,21,22,25)/t14-/m1/s1. The predicted octanol–water partition coefficient (Wildman–Crippen LogP) is 3.25. The molecule has 2 N–H and O–H groups in total. The third kappa shape index (κ3) is 5.05. The van der Waals surface area contributed by atoms with Gasteiger partial charge in [-0.2, -0.15) is 5.10 Å². The molecular formula is C19H29N5O. The van der Waals surface area contributed by atoms with Crippen LogP contribution in [0.3, 0.4) is 0 Å². The number of hydrogen-bond acceptors (Lipinski definition) is 3. The molecule has 2 amide bonds. The summed E-state index contributed by atoms with van der Waals surface area (Å²) < 4.78 is 1.94. The van der Waals surface area contributed by atoms with E-state index >= 15 is 0 Å². The van der Waals surface area contributed by atoms with Crippen LogP contribution in [0.1, 0.15) is 56.1 Å². The summed E-state index contributed by atoms with van der Waals surface area (Å²) in [5.41, 5.74) is 4.24. The van der Waals surface area contributed by atoms with Gasteiger partial charge in [0.2, 0.25) is 0 Å². The molecule has 0 saturated carbocycles. The third-order valence-corrected chi connectivity index (χ3v) is 4.25. The van der Waals surface area contributed by atoms with Crippen molar-refractivity contribution in [1.82, 2.24) is 25.4 Å². The second-order valence-electron chi connectivity index (χ2n) is 7.46. The Balaban J connectivity index is 1.88. The van der Waals surface area contributed by atoms with E-state index < -0.39 is 0 Å². The minimum Gasteiger partial charge on any atom is -0.338 e. The van der Waals surface area contributed by atoms with Gasteiger partial charge in [-0.05, 0) is 65.2 Å². The molecule has 0 unspecified atom stereocenters. The first-order chi connectivity index (χ1) is 11.7. The SMILES string of the molecule is Cc1cnccc1CCNC(=O)N[C@H](C)c1cn(C(C)(C)C)nc1C. The Morgan fingerprint density at radius 1 is 1.32 bits per heavy atom. The van der Waals surface area contributed by atoms with Gasteiger partial charge < -0.3 is 10.6 Å². The largest absolute Gasteiger partial charge is 0.338 e. The van der Waals surface area contributed by atoms with Crippen LogP contribution in [0.25, 0.3) is 0 Å². The smallest absolute Gasteiger partial charge is 0.315 e. The fraction of sp³-hybridized carbons (Fsp3) is 0.526. The number of amides is 2. The van der Waals surface area contributed by atoms with Crippen molar-refractivity contribution in [1.29, 1.82) is 0 Å². The van der Waals surface area contributed by atoms with Crippen LogP contribution in [-0.2, 0) is 12.0 Å². The summed E-state index contributed by atoms with van der Waals surface area (Å²) in [7, 11) is 0. The zero-order valence-electron chi connectivity index (χ0n) is 16.1. The highest BCUT2D eigenvalue weighted by atomic mass is 16.2. The van der Waals surface area contributed by atoms with Crippen LogP contribution in [-0.4, -0.2) is 27.3 Å². The van der Waals surface area contributed by atoms with E-state index in [9.17, 15) is 4.79 Å². The minimum atomic E-state index is -0.165. The molecule has 0 spiro atoms. The molecule has 0 saturated heterocycles. The number of nitrogens with zero attached hydrogens (tertiary/aromatic N) is 3. The number of hydrogen-bond donors (Lipinski definition) is 2. The van der Waals surface area contributed by atoms with Gasteiger partial charge in [-0.15, -0.1) is 0 Å². The first-order valence-corrected chi connectivity index (χ1v) is 8.69. The monoisotopic (exact) mass is 343 g/mol. The summed E-state index contributed by atoms with van der Waals surface area (Å²) in [6.45, 7) is 12.9. The number of carbonyl (C=O) groups is 1. The zero-order valence-corrected chi connectivity index (χ0v) is 16.1. The molecular weight excluding hydrogens is 314 g/mol. The lowest BCUT2D eigenvalue weighted by atomic mass is 10.1. The van der Waals surface area contributed by atoms with Gasteiger partial charge in [0.1, 0.15) is 0 Å². The summed E-state index contributed by atoms with van der Waals surface area (Å²) in [5.74, 6) is 0. The molecule has 0 radical (unpaired) electrons. The molecule has 0 aliphatic carbocycles. The van der Waals surface area contributed by atoms with Crippen LogP contribution in [0.2, 0.25) is 0 Å². The number of nitrogens with one attached hydrogen (secondary N) is 2. The Bertz CT molecular complexity index is 730. The summed E-state index contributed by atoms with van der Waals surface area (Å²) in [6, 6.07) is 1.72. The molecule has 136 valence electrons. The molecule has 6 heteroatoms. The van der Waals surface area contributed by atoms with Gasteiger partial charge in [-0.3, -0.25) is 9.67 Å². The maximum atomic E-state index is 12.2. The highest BCUT2D eigenvalue weighted by molar-refractivity contribution is 5.74. The molecule has 1 atom stereocenters. The normalized spacial score (nSPS) is 12.7. The van der Waals surface area contributed by atoms with E-state index in [-0.39, 0.29) is 17.6 Å². The number of carbonyl (C=O) groups excluding carboxylic acids is 1. The molecule has 25 heavy (non-hydrogen) atoms. The van der Waals surface area contributed by atoms with Crippen LogP contribution in [0, 0.1) is 13.8 Å². The first kappa shape index (κ1) is 19.0. The molecule has 0 bridgehead atoms. The highest BCUT2D eigenvalue weighted by Crippen LogP contribution is 2.21. The first-order valence-electron chi connectivity index (χ1n) is 8.69. The Hall–Kier alpha value is -2.37. The van der Waals surface area contributed by atoms with E-state index in [1.807, 2.05) is 43.9 Å². The molecule has 0 aliphatic rings. The van der Waals surface area contributed by atoms with Crippen LogP contribution in [0.4, 0.5) is 4.79 Å². The van der Waals surface area contributed by atoms with Crippen LogP contribution >= 0.6 is 0 Å². The molecule has 0 fully saturated rings. The summed E-state index contributed by atoms with van der Waals surface area (Å²) >= 11 is 0. The van der Waals surface area contributed by atoms with Crippen LogP contribution < -0.4 is 10.6 Å². The van der Waals surface area contributed by atoms with E-state index in [0.29, 0.717) is 6.54 Å². The summed E-state index contributed by atoms with van der Waals surface area (Å²) in [5, 5.41) is 10.5. The molecule has 6 nitrogen and oxygen atoms in total. The number of aromatic nitrogens is 3. The Labute approximate surface area is 150 Å². The van der Waals surface area contributed by atoms with Crippen molar-refractivity contribution in [3.05, 3.63) is 47.0 Å². The second-order valence-corrected chi connectivity index (χ2v) is 7.46. The Kier molecular flexibility index (Phi) is 5.82. The van der Waals surface area contributed by atoms with Gasteiger partial charge in [0.05, 0.1) is 17.3 Å². The quantitative estimate of drug-likeness (QED) is 0.875. The van der Waals surface area contributed by atoms with E-state index in [1.165, 1.54) is 5.56 Å². The molecule has 2 aromatic rings. The molecule has 2 heterocycles. The van der Waals surface area contributed by atoms with Gasteiger partial charge >= 0.3 is 6.03 Å². The molecule has 0 aromatic carbocycles. The topological polar surface area (TPSA) is 71.8 Å². The van der Waals surface area contributed by atoms with Crippen molar-refractivity contribution in [3.8, 4) is 0 Å². The van der Waals surface area contributed by atoms with Crippen molar-refractivity contribution in [2.75, 3.05) is 6.54 Å². The summed E-state index contributed by atoms with van der Waals surface area (Å²) in [6.07, 6.45) is 6.42. The van der Waals surface area contributed by atoms with E-state index in [2.05, 4.69) is 41.5 Å². The fourth-order valence-corrected chi connectivity index (χ4v) is 2.66. The number of urea groups is 1. The Morgan fingerprint density at radius 2 is 2.04 bits per heavy atom. The van der Waals surface area contributed by atoms with Gasteiger partial charge in [0.25, 0.3) is 0 Å². The van der Waals surface area contributed by atoms with Gasteiger partial charge in [0.15, 0.2) is 0 Å². The van der Waals surface area contributed by atoms with Crippen molar-refractivity contribution in [3.63, 3.8) is 0 Å². The molecule has 2 aromatic heterocycles. The number of rotatable bonds is 5. The lowest BCUT2D eigenvalue weighted by Gasteiger charge is -2.19. The van der Waals surface area contributed by atoms with Crippen LogP contribution in [0.5, 0.6) is 0 Å². The lowest BCUT2D eigenvalue weighted by Crippen LogP contribution is -2.38. The van der Waals surface area contributed by atoms with Gasteiger partial charge in [-0.1, -0.05) is 0 Å². The second kappa shape index (κ2) is 7.68. The fourth-order valence-electron chi connectivity index (χ4n) is 2.66. The third-order valence-electron chi connectivity index (χ3n) is 4.25. The van der Waals surface area contributed by atoms with Crippen molar-refractivity contribution >= 4 is 6.03 Å². The lowest BCUT2D eigenvalue weighted by molar-refractivity contribution is 0.238. The average molecular weight is 343 g/mol. The van der Waals surface area contributed by atoms with Crippen molar-refractivity contribution in [2.24, 2.45) is 0 Å². The van der Waals surface area contributed by atoms with Crippen molar-refractivity contribution in [2.45, 2.75) is 59.5 Å². The molecule has 0 aliphatic heterocycles. The Morgan fingerprint density at radius 3 is 2.64 bits per heavy atom. The predicted molar refractivity (Wildman–Crippen MR) is 99.6 cm³/mol. The number of aryl methyl sites for hydroxylation is 2. The van der Waals surface area contributed by atoms with Crippen molar-refractivity contribution < 1.29 is 4.79 Å². The maximum absolute atomic E-state index is 12.2. The number of pyridine rings is 1. The average Bonchev–Trinajstić information content (AvgIpc) is 2.91. The summed E-state index contributed by atoms with van der Waals surface area (Å²) in [4.78, 5) is 16.2.